The zero-order valence-electron chi connectivity index (χ0n) is 18.9. The molecule has 2 heterocycles. The van der Waals surface area contributed by atoms with E-state index in [9.17, 15) is 14.4 Å². The summed E-state index contributed by atoms with van der Waals surface area (Å²) in [4.78, 5) is 45.2. The number of para-hydroxylation sites is 1. The van der Waals surface area contributed by atoms with Gasteiger partial charge in [-0.1, -0.05) is 36.9 Å². The fraction of sp³-hybridized carbons (Fsp3) is 0.269. The lowest BCUT2D eigenvalue weighted by Gasteiger charge is -2.40. The van der Waals surface area contributed by atoms with Crippen molar-refractivity contribution in [2.45, 2.75) is 19.9 Å². The minimum absolute atomic E-state index is 0.0251. The Morgan fingerprint density at radius 3 is 2.52 bits per heavy atom. The summed E-state index contributed by atoms with van der Waals surface area (Å²) in [5.41, 5.74) is 2.90. The minimum Gasteiger partial charge on any atom is -0.360 e. The molecule has 0 bridgehead atoms. The fourth-order valence-corrected chi connectivity index (χ4v) is 4.34. The Bertz CT molecular complexity index is 1210. The number of fused-ring (bicyclic) bond motifs is 1. The number of hydrogen-bond donors (Lipinski definition) is 2. The van der Waals surface area contributed by atoms with Gasteiger partial charge < -0.3 is 20.1 Å². The average Bonchev–Trinajstić information content (AvgIpc) is 3.27. The van der Waals surface area contributed by atoms with Crippen LogP contribution in [0.4, 0.5) is 0 Å². The highest BCUT2D eigenvalue weighted by Crippen LogP contribution is 2.28. The van der Waals surface area contributed by atoms with Crippen LogP contribution in [0, 0.1) is 0 Å². The molecule has 1 atom stereocenters. The van der Waals surface area contributed by atoms with Gasteiger partial charge in [-0.15, -0.1) is 0 Å². The van der Waals surface area contributed by atoms with Crippen LogP contribution >= 0.6 is 0 Å². The lowest BCUT2D eigenvalue weighted by Crippen LogP contribution is -2.55. The highest BCUT2D eigenvalue weighted by Gasteiger charge is 2.32. The summed E-state index contributed by atoms with van der Waals surface area (Å²) in [6.07, 6.45) is 1.73. The summed E-state index contributed by atoms with van der Waals surface area (Å²) < 4.78 is 0. The molecule has 1 aliphatic rings. The van der Waals surface area contributed by atoms with Crippen LogP contribution in [0.15, 0.2) is 61.3 Å². The van der Waals surface area contributed by atoms with E-state index in [1.165, 1.54) is 0 Å². The number of carbonyl (C=O) groups is 3. The van der Waals surface area contributed by atoms with Crippen LogP contribution in [0.2, 0.25) is 0 Å². The Morgan fingerprint density at radius 1 is 1.06 bits per heavy atom. The lowest BCUT2D eigenvalue weighted by atomic mass is 10.0. The van der Waals surface area contributed by atoms with E-state index in [0.717, 1.165) is 5.39 Å². The maximum Gasteiger partial charge on any atom is 0.254 e. The van der Waals surface area contributed by atoms with E-state index in [1.807, 2.05) is 38.1 Å². The predicted molar refractivity (Wildman–Crippen MR) is 129 cm³/mol. The van der Waals surface area contributed by atoms with Crippen molar-refractivity contribution in [1.82, 2.24) is 20.1 Å². The smallest absolute Gasteiger partial charge is 0.254 e. The summed E-state index contributed by atoms with van der Waals surface area (Å²) in [6, 6.07) is 14.5. The first-order valence-corrected chi connectivity index (χ1v) is 11.1. The van der Waals surface area contributed by atoms with E-state index >= 15 is 0 Å². The van der Waals surface area contributed by atoms with Gasteiger partial charge in [0.15, 0.2) is 0 Å². The first-order chi connectivity index (χ1) is 15.9. The highest BCUT2D eigenvalue weighted by atomic mass is 16.2. The van der Waals surface area contributed by atoms with Crippen molar-refractivity contribution < 1.29 is 14.4 Å². The molecular formula is C26H28N4O3. The van der Waals surface area contributed by atoms with Crippen LogP contribution in [0.1, 0.15) is 40.1 Å². The summed E-state index contributed by atoms with van der Waals surface area (Å²) >= 11 is 0. The van der Waals surface area contributed by atoms with Crippen molar-refractivity contribution in [2.75, 3.05) is 26.2 Å². The Labute approximate surface area is 193 Å². The van der Waals surface area contributed by atoms with E-state index in [0.29, 0.717) is 54.0 Å². The third-order valence-electron chi connectivity index (χ3n) is 6.08. The number of rotatable bonds is 5. The molecule has 170 valence electrons. The molecule has 7 heteroatoms. The Hall–Kier alpha value is -3.87. The maximum atomic E-state index is 13.3. The van der Waals surface area contributed by atoms with E-state index in [-0.39, 0.29) is 23.8 Å². The standard InChI is InChI=1S/C26H28N4O3/c1-4-27-24(31)21-12-8-11-20-22(15-28-23(20)21)18(3)25(32)30-14-13-29(16-17(30)2)26(33)19-9-6-5-7-10-19/h5-12,15,17,28H,3-4,13-14,16H2,1-2H3,(H,27,31)/t17-/m1/s1. The molecule has 7 nitrogen and oxygen atoms in total. The van der Waals surface area contributed by atoms with Gasteiger partial charge in [0, 0.05) is 60.5 Å². The molecule has 2 N–H and O–H groups in total. The van der Waals surface area contributed by atoms with E-state index < -0.39 is 0 Å². The molecule has 33 heavy (non-hydrogen) atoms. The molecule has 3 amide bonds. The van der Waals surface area contributed by atoms with Crippen molar-refractivity contribution in [1.29, 1.82) is 0 Å². The number of carbonyl (C=O) groups excluding carboxylic acids is 3. The fourth-order valence-electron chi connectivity index (χ4n) is 4.34. The number of aromatic nitrogens is 1. The molecule has 3 aromatic rings. The summed E-state index contributed by atoms with van der Waals surface area (Å²) in [7, 11) is 0. The SMILES string of the molecule is C=C(C(=O)N1CCN(C(=O)c2ccccc2)C[C@H]1C)c1c[nH]c2c(C(=O)NCC)cccc12. The Kier molecular flexibility index (Phi) is 6.31. The minimum atomic E-state index is -0.168. The molecule has 1 saturated heterocycles. The third-order valence-corrected chi connectivity index (χ3v) is 6.08. The number of aromatic amines is 1. The molecule has 1 aromatic heterocycles. The molecule has 0 saturated carbocycles. The predicted octanol–water partition coefficient (Wildman–Crippen LogP) is 3.30. The number of H-pyrrole nitrogens is 1. The molecular weight excluding hydrogens is 416 g/mol. The highest BCUT2D eigenvalue weighted by molar-refractivity contribution is 6.23. The van der Waals surface area contributed by atoms with Crippen molar-refractivity contribution in [2.24, 2.45) is 0 Å². The van der Waals surface area contributed by atoms with Crippen molar-refractivity contribution in [3.63, 3.8) is 0 Å². The monoisotopic (exact) mass is 444 g/mol. The number of amides is 3. The number of nitrogens with zero attached hydrogens (tertiary/aromatic N) is 2. The molecule has 4 rings (SSSR count). The number of hydrogen-bond acceptors (Lipinski definition) is 3. The zero-order chi connectivity index (χ0) is 23.5. The second kappa shape index (κ2) is 9.32. The van der Waals surface area contributed by atoms with Gasteiger partial charge in [0.05, 0.1) is 11.1 Å². The van der Waals surface area contributed by atoms with Crippen LogP contribution in [-0.2, 0) is 4.79 Å². The van der Waals surface area contributed by atoms with Crippen LogP contribution in [0.5, 0.6) is 0 Å². The first kappa shape index (κ1) is 22.3. The lowest BCUT2D eigenvalue weighted by molar-refractivity contribution is -0.128. The summed E-state index contributed by atoms with van der Waals surface area (Å²) in [6.45, 7) is 9.78. The van der Waals surface area contributed by atoms with Crippen LogP contribution in [0.25, 0.3) is 16.5 Å². The largest absolute Gasteiger partial charge is 0.360 e. The Morgan fingerprint density at radius 2 is 1.82 bits per heavy atom. The van der Waals surface area contributed by atoms with Gasteiger partial charge in [0.2, 0.25) is 0 Å². The molecule has 1 aliphatic heterocycles. The van der Waals surface area contributed by atoms with E-state index in [4.69, 9.17) is 0 Å². The Balaban J connectivity index is 1.50. The molecule has 0 radical (unpaired) electrons. The number of piperazine rings is 1. The zero-order valence-corrected chi connectivity index (χ0v) is 18.9. The molecule has 0 aliphatic carbocycles. The van der Waals surface area contributed by atoms with E-state index in [1.54, 1.807) is 40.3 Å². The molecule has 2 aromatic carbocycles. The third kappa shape index (κ3) is 4.26. The van der Waals surface area contributed by atoms with Gasteiger partial charge in [-0.2, -0.15) is 0 Å². The van der Waals surface area contributed by atoms with Crippen molar-refractivity contribution >= 4 is 34.2 Å². The maximum absolute atomic E-state index is 13.3. The van der Waals surface area contributed by atoms with Crippen LogP contribution < -0.4 is 5.32 Å². The van der Waals surface area contributed by atoms with Crippen LogP contribution in [-0.4, -0.2) is 64.7 Å². The number of nitrogens with one attached hydrogen (secondary N) is 2. The first-order valence-electron chi connectivity index (χ1n) is 11.1. The molecule has 1 fully saturated rings. The summed E-state index contributed by atoms with van der Waals surface area (Å²) in [5, 5.41) is 3.59. The van der Waals surface area contributed by atoms with Gasteiger partial charge in [-0.05, 0) is 32.0 Å². The molecule has 0 unspecified atom stereocenters. The second-order valence-corrected chi connectivity index (χ2v) is 8.23. The topological polar surface area (TPSA) is 85.5 Å². The van der Waals surface area contributed by atoms with Gasteiger partial charge in [-0.3, -0.25) is 14.4 Å². The van der Waals surface area contributed by atoms with Crippen molar-refractivity contribution in [3.05, 3.63) is 78.0 Å². The van der Waals surface area contributed by atoms with Gasteiger partial charge in [0.1, 0.15) is 0 Å². The summed E-state index contributed by atoms with van der Waals surface area (Å²) in [5.74, 6) is -0.359. The van der Waals surface area contributed by atoms with Crippen LogP contribution in [0.3, 0.4) is 0 Å². The van der Waals surface area contributed by atoms with E-state index in [2.05, 4.69) is 16.9 Å². The van der Waals surface area contributed by atoms with Gasteiger partial charge in [0.25, 0.3) is 17.7 Å². The molecule has 0 spiro atoms. The average molecular weight is 445 g/mol. The van der Waals surface area contributed by atoms with Crippen molar-refractivity contribution in [3.8, 4) is 0 Å². The second-order valence-electron chi connectivity index (χ2n) is 8.23. The van der Waals surface area contributed by atoms with Gasteiger partial charge in [-0.25, -0.2) is 0 Å². The number of benzene rings is 2. The normalized spacial score (nSPS) is 16.0. The van der Waals surface area contributed by atoms with Gasteiger partial charge >= 0.3 is 0 Å². The quantitative estimate of drug-likeness (QED) is 0.592.